The molecule has 2 heteroatoms. The van der Waals surface area contributed by atoms with Gasteiger partial charge in [0.25, 0.3) is 0 Å². The number of fused-ring (bicyclic) bond motifs is 1. The minimum atomic E-state index is -0.00530. The number of unbranched alkanes of at least 4 members (excludes halogenated alkanes) is 4. The summed E-state index contributed by atoms with van der Waals surface area (Å²) in [7, 11) is 0. The smallest absolute Gasteiger partial charge is 0.306 e. The maximum absolute atomic E-state index is 12.4. The van der Waals surface area contributed by atoms with E-state index < -0.39 is 0 Å². The monoisotopic (exact) mass is 510 g/mol. The maximum Gasteiger partial charge on any atom is 0.306 e. The molecule has 0 unspecified atom stereocenters. The summed E-state index contributed by atoms with van der Waals surface area (Å²) in [5.74, 6) is 3.27. The van der Waals surface area contributed by atoms with Gasteiger partial charge in [0.05, 0.1) is 0 Å². The van der Waals surface area contributed by atoms with Crippen molar-refractivity contribution in [1.29, 1.82) is 0 Å². The normalized spacial score (nSPS) is 31.2. The summed E-state index contributed by atoms with van der Waals surface area (Å²) in [4.78, 5) is 12.4. The zero-order valence-corrected chi connectivity index (χ0v) is 25.1. The van der Waals surface area contributed by atoms with Crippen molar-refractivity contribution >= 4 is 5.97 Å². The first kappa shape index (κ1) is 30.2. The molecule has 2 nitrogen and oxygen atoms in total. The van der Waals surface area contributed by atoms with Gasteiger partial charge in [-0.2, -0.15) is 0 Å². The van der Waals surface area contributed by atoms with Crippen molar-refractivity contribution in [2.45, 2.75) is 150 Å². The molecule has 0 N–H and O–H groups in total. The molecule has 3 saturated carbocycles. The number of hydrogen-bond donors (Lipinski definition) is 0. The highest BCUT2D eigenvalue weighted by atomic mass is 16.5. The molecule has 37 heavy (non-hydrogen) atoms. The third kappa shape index (κ3) is 8.59. The van der Waals surface area contributed by atoms with Gasteiger partial charge in [0.2, 0.25) is 0 Å². The van der Waals surface area contributed by atoms with Crippen LogP contribution in [0.2, 0.25) is 0 Å². The highest BCUT2D eigenvalue weighted by Crippen LogP contribution is 2.60. The lowest BCUT2D eigenvalue weighted by Gasteiger charge is -2.44. The predicted molar refractivity (Wildman–Crippen MR) is 158 cm³/mol. The maximum atomic E-state index is 12.4. The Balaban J connectivity index is 1.57. The lowest BCUT2D eigenvalue weighted by Crippen LogP contribution is -2.36. The predicted octanol–water partition coefficient (Wildman–Crippen LogP) is 10.5. The van der Waals surface area contributed by atoms with E-state index in [9.17, 15) is 4.79 Å². The summed E-state index contributed by atoms with van der Waals surface area (Å²) in [6.45, 7) is 16.5. The van der Waals surface area contributed by atoms with Gasteiger partial charge in [-0.3, -0.25) is 4.79 Å². The van der Waals surface area contributed by atoms with E-state index in [0.717, 1.165) is 55.8 Å². The fourth-order valence-corrected chi connectivity index (χ4v) is 7.86. The Hall–Kier alpha value is -1.31. The summed E-state index contributed by atoms with van der Waals surface area (Å²) < 4.78 is 5.90. The molecular weight excluding hydrogens is 452 g/mol. The first-order chi connectivity index (χ1) is 17.7. The number of esters is 1. The number of allylic oxidation sites excluding steroid dienone is 4. The van der Waals surface area contributed by atoms with Crippen LogP contribution in [0.5, 0.6) is 0 Å². The third-order valence-corrected chi connectivity index (χ3v) is 10.1. The van der Waals surface area contributed by atoms with Gasteiger partial charge < -0.3 is 4.74 Å². The zero-order chi connectivity index (χ0) is 26.8. The van der Waals surface area contributed by atoms with E-state index in [2.05, 4.69) is 53.3 Å². The number of carbonyl (C=O) groups is 1. The first-order valence-electron chi connectivity index (χ1n) is 16.0. The molecule has 0 saturated heterocycles. The van der Waals surface area contributed by atoms with E-state index in [1.807, 2.05) is 0 Å². The van der Waals surface area contributed by atoms with E-state index >= 15 is 0 Å². The van der Waals surface area contributed by atoms with Gasteiger partial charge >= 0.3 is 5.97 Å². The van der Waals surface area contributed by atoms with Gasteiger partial charge in [0.15, 0.2) is 0 Å². The molecule has 0 aromatic heterocycles. The Bertz CT molecular complexity index is 802. The molecule has 3 fully saturated rings. The van der Waals surface area contributed by atoms with E-state index in [1.165, 1.54) is 81.8 Å². The van der Waals surface area contributed by atoms with Crippen LogP contribution in [-0.2, 0) is 9.53 Å². The van der Waals surface area contributed by atoms with Crippen molar-refractivity contribution in [3.63, 3.8) is 0 Å². The molecule has 5 atom stereocenters. The summed E-state index contributed by atoms with van der Waals surface area (Å²) >= 11 is 0. The molecule has 3 aliphatic carbocycles. The second-order valence-corrected chi connectivity index (χ2v) is 13.5. The number of hydrogen-bond acceptors (Lipinski definition) is 2. The first-order valence-corrected chi connectivity index (χ1v) is 16.0. The van der Waals surface area contributed by atoms with E-state index in [4.69, 9.17) is 4.74 Å². The van der Waals surface area contributed by atoms with Gasteiger partial charge in [-0.25, -0.2) is 0 Å². The van der Waals surface area contributed by atoms with Crippen LogP contribution in [-0.4, -0.2) is 12.1 Å². The Kier molecular flexibility index (Phi) is 12.0. The summed E-state index contributed by atoms with van der Waals surface area (Å²) in [5, 5.41) is 0. The summed E-state index contributed by atoms with van der Waals surface area (Å²) in [6, 6.07) is 0. The molecule has 0 amide bonds. The SMILES string of the molecule is C=C1CC[C@H](OC(=O)CCCCCCC)C/C1=C\C=C1/CCC[C@]2(C)[C@@H]([C@H](C)CCCC(C)C)CC[C@@H]12. The van der Waals surface area contributed by atoms with E-state index in [1.54, 1.807) is 5.57 Å². The highest BCUT2D eigenvalue weighted by molar-refractivity contribution is 5.69. The minimum Gasteiger partial charge on any atom is -0.462 e. The second-order valence-electron chi connectivity index (χ2n) is 13.5. The molecule has 210 valence electrons. The summed E-state index contributed by atoms with van der Waals surface area (Å²) in [6.07, 6.45) is 24.8. The molecule has 0 aliphatic heterocycles. The van der Waals surface area contributed by atoms with Gasteiger partial charge in [0, 0.05) is 12.8 Å². The quantitative estimate of drug-likeness (QED) is 0.182. The molecule has 0 bridgehead atoms. The van der Waals surface area contributed by atoms with Crippen LogP contribution in [0.3, 0.4) is 0 Å². The summed E-state index contributed by atoms with van der Waals surface area (Å²) in [5.41, 5.74) is 4.70. The van der Waals surface area contributed by atoms with Crippen molar-refractivity contribution in [3.8, 4) is 0 Å². The Labute approximate surface area is 229 Å². The molecule has 0 aromatic carbocycles. The fourth-order valence-electron chi connectivity index (χ4n) is 7.86. The van der Waals surface area contributed by atoms with Crippen LogP contribution in [0.25, 0.3) is 0 Å². The van der Waals surface area contributed by atoms with Crippen molar-refractivity contribution in [3.05, 3.63) is 35.5 Å². The van der Waals surface area contributed by atoms with Crippen LogP contribution in [0.1, 0.15) is 144 Å². The van der Waals surface area contributed by atoms with Gasteiger partial charge in [0.1, 0.15) is 6.10 Å². The van der Waals surface area contributed by atoms with Crippen molar-refractivity contribution in [2.75, 3.05) is 0 Å². The van der Waals surface area contributed by atoms with Crippen LogP contribution in [0.4, 0.5) is 0 Å². The molecule has 0 radical (unpaired) electrons. The molecule has 0 heterocycles. The van der Waals surface area contributed by atoms with Crippen LogP contribution < -0.4 is 0 Å². The average molecular weight is 511 g/mol. The van der Waals surface area contributed by atoms with E-state index in [-0.39, 0.29) is 12.1 Å². The van der Waals surface area contributed by atoms with Crippen LogP contribution in [0, 0.1) is 29.1 Å². The number of ether oxygens (including phenoxy) is 1. The van der Waals surface area contributed by atoms with Gasteiger partial charge in [-0.15, -0.1) is 0 Å². The van der Waals surface area contributed by atoms with Gasteiger partial charge in [-0.05, 0) is 86.0 Å². The highest BCUT2D eigenvalue weighted by Gasteiger charge is 2.50. The Morgan fingerprint density at radius 1 is 1.03 bits per heavy atom. The lowest BCUT2D eigenvalue weighted by molar-refractivity contribution is -0.149. The number of carbonyl (C=O) groups excluding carboxylic acids is 1. The average Bonchev–Trinajstić information content (AvgIpc) is 3.21. The van der Waals surface area contributed by atoms with E-state index in [0.29, 0.717) is 11.8 Å². The molecule has 3 aliphatic rings. The van der Waals surface area contributed by atoms with Crippen molar-refractivity contribution < 1.29 is 9.53 Å². The largest absolute Gasteiger partial charge is 0.462 e. The topological polar surface area (TPSA) is 26.3 Å². The lowest BCUT2D eigenvalue weighted by atomic mass is 9.60. The van der Waals surface area contributed by atoms with Crippen LogP contribution >= 0.6 is 0 Å². The van der Waals surface area contributed by atoms with Crippen molar-refractivity contribution in [1.82, 2.24) is 0 Å². The molecule has 0 spiro atoms. The molecule has 0 aromatic rings. The Morgan fingerprint density at radius 2 is 1.81 bits per heavy atom. The second kappa shape index (κ2) is 14.7. The molecule has 3 rings (SSSR count). The third-order valence-electron chi connectivity index (χ3n) is 10.1. The molecular formula is C35H58O2. The Morgan fingerprint density at radius 3 is 2.57 bits per heavy atom. The zero-order valence-electron chi connectivity index (χ0n) is 25.1. The van der Waals surface area contributed by atoms with Gasteiger partial charge in [-0.1, -0.05) is 109 Å². The standard InChI is InChI=1S/C35H58O2/c1-7-8-9-10-11-17-34(36)37-31-21-18-27(4)30(25-31)20-19-29-16-13-24-35(6)32(22-23-33(29)35)28(5)15-12-14-26(2)3/h19-20,26,28,31-33H,4,7-18,21-25H2,1-3,5-6H3/b29-19+,30-20+/t28-,31+,32-,33+,35-/m1/s1. The fraction of sp³-hybridized carbons (Fsp3) is 0.800. The number of rotatable bonds is 13. The van der Waals surface area contributed by atoms with Crippen LogP contribution in [0.15, 0.2) is 35.5 Å². The van der Waals surface area contributed by atoms with Crippen molar-refractivity contribution in [2.24, 2.45) is 29.1 Å². The minimum absolute atomic E-state index is 0.00530.